The Kier molecular flexibility index (Phi) is 3.69. The summed E-state index contributed by atoms with van der Waals surface area (Å²) in [5.74, 6) is -0.372. The van der Waals surface area contributed by atoms with E-state index in [9.17, 15) is 14.7 Å². The van der Waals surface area contributed by atoms with Crippen molar-refractivity contribution in [2.24, 2.45) is 0 Å². The number of furan rings is 1. The zero-order valence-corrected chi connectivity index (χ0v) is 16.0. The molecule has 3 N–H and O–H groups in total. The van der Waals surface area contributed by atoms with E-state index in [0.717, 1.165) is 36.9 Å². The van der Waals surface area contributed by atoms with Gasteiger partial charge < -0.3 is 14.5 Å². The Morgan fingerprint density at radius 3 is 2.61 bits per heavy atom. The highest BCUT2D eigenvalue weighted by atomic mass is 16.4. The number of H-pyrrole nitrogens is 2. The lowest BCUT2D eigenvalue weighted by Crippen LogP contribution is -2.16. The molecule has 0 amide bonds. The lowest BCUT2D eigenvalue weighted by atomic mass is 9.95. The SMILES string of the molecule is CC(C)c1c2oc3c(O)c(=O)ccc3c2[nH]c2c1c(=O)[nH]n2C1CCCCC1. The number of aromatic hydroxyl groups is 1. The van der Waals surface area contributed by atoms with Crippen molar-refractivity contribution >= 4 is 33.1 Å². The highest BCUT2D eigenvalue weighted by molar-refractivity contribution is 6.09. The average Bonchev–Trinajstić information content (AvgIpc) is 3.22. The van der Waals surface area contributed by atoms with E-state index in [-0.39, 0.29) is 23.1 Å². The molecule has 0 unspecified atom stereocenters. The number of aromatic amines is 2. The molecule has 4 aromatic rings. The van der Waals surface area contributed by atoms with E-state index in [1.54, 1.807) is 6.07 Å². The molecule has 1 aliphatic rings. The summed E-state index contributed by atoms with van der Waals surface area (Å²) in [6.45, 7) is 4.02. The predicted octanol–water partition coefficient (Wildman–Crippen LogP) is 4.25. The zero-order chi connectivity index (χ0) is 19.6. The lowest BCUT2D eigenvalue weighted by molar-refractivity contribution is 0.334. The van der Waals surface area contributed by atoms with Gasteiger partial charge in [0, 0.05) is 10.9 Å². The van der Waals surface area contributed by atoms with E-state index in [2.05, 4.69) is 10.1 Å². The summed E-state index contributed by atoms with van der Waals surface area (Å²) in [7, 11) is 0. The minimum Gasteiger partial charge on any atom is -0.502 e. The second-order valence-corrected chi connectivity index (χ2v) is 8.11. The first-order valence-electron chi connectivity index (χ1n) is 9.92. The minimum absolute atomic E-state index is 0.0253. The molecule has 0 bridgehead atoms. The molecular formula is C21H23N3O4. The van der Waals surface area contributed by atoms with Crippen LogP contribution in [-0.2, 0) is 0 Å². The third-order valence-corrected chi connectivity index (χ3v) is 6.00. The fraction of sp³-hybridized carbons (Fsp3) is 0.429. The van der Waals surface area contributed by atoms with E-state index in [1.165, 1.54) is 12.5 Å². The summed E-state index contributed by atoms with van der Waals surface area (Å²) in [6, 6.07) is 3.25. The highest BCUT2D eigenvalue weighted by Crippen LogP contribution is 2.39. The number of hydrogen-bond acceptors (Lipinski definition) is 4. The largest absolute Gasteiger partial charge is 0.502 e. The van der Waals surface area contributed by atoms with Gasteiger partial charge >= 0.3 is 0 Å². The minimum atomic E-state index is -0.480. The van der Waals surface area contributed by atoms with Crippen molar-refractivity contribution in [2.45, 2.75) is 57.9 Å². The first-order valence-corrected chi connectivity index (χ1v) is 9.92. The summed E-state index contributed by atoms with van der Waals surface area (Å²) >= 11 is 0. The van der Waals surface area contributed by atoms with E-state index >= 15 is 0 Å². The maximum Gasteiger partial charge on any atom is 0.274 e. The normalized spacial score (nSPS) is 16.1. The average molecular weight is 381 g/mol. The van der Waals surface area contributed by atoms with Gasteiger partial charge in [0.1, 0.15) is 5.65 Å². The fourth-order valence-corrected chi connectivity index (χ4v) is 4.66. The summed E-state index contributed by atoms with van der Waals surface area (Å²) in [6.07, 6.45) is 5.61. The van der Waals surface area contributed by atoms with Gasteiger partial charge in [-0.2, -0.15) is 0 Å². The van der Waals surface area contributed by atoms with Gasteiger partial charge in [0.25, 0.3) is 5.56 Å². The van der Waals surface area contributed by atoms with Gasteiger partial charge in [0.2, 0.25) is 11.2 Å². The van der Waals surface area contributed by atoms with Crippen molar-refractivity contribution < 1.29 is 9.52 Å². The Morgan fingerprint density at radius 2 is 1.89 bits per heavy atom. The topological polar surface area (TPSA) is 104 Å². The second-order valence-electron chi connectivity index (χ2n) is 8.11. The highest BCUT2D eigenvalue weighted by Gasteiger charge is 2.26. The number of benzene rings is 1. The van der Waals surface area contributed by atoms with Crippen LogP contribution in [0.15, 0.2) is 26.1 Å². The monoisotopic (exact) mass is 381 g/mol. The summed E-state index contributed by atoms with van der Waals surface area (Å²) < 4.78 is 7.91. The van der Waals surface area contributed by atoms with Crippen LogP contribution in [0.5, 0.6) is 5.75 Å². The van der Waals surface area contributed by atoms with Crippen LogP contribution in [0.4, 0.5) is 0 Å². The zero-order valence-electron chi connectivity index (χ0n) is 16.0. The molecule has 0 radical (unpaired) electrons. The molecule has 1 fully saturated rings. The molecule has 7 heteroatoms. The summed E-state index contributed by atoms with van der Waals surface area (Å²) in [5, 5.41) is 14.5. The molecule has 0 atom stereocenters. The van der Waals surface area contributed by atoms with Gasteiger partial charge in [-0.05, 0) is 30.9 Å². The molecule has 0 saturated heterocycles. The Labute approximate surface area is 159 Å². The van der Waals surface area contributed by atoms with Gasteiger partial charge in [-0.1, -0.05) is 33.1 Å². The Morgan fingerprint density at radius 1 is 1.14 bits per heavy atom. The quantitative estimate of drug-likeness (QED) is 0.483. The standard InChI is InChI=1S/C21H23N3O4/c1-10(2)14-15-20(24(23-21(15)27)11-6-4-3-5-7-11)22-16-12-8-9-13(25)17(26)18(12)28-19(14)16/h8-11,22,26H,3-7H2,1-2H3,(H,23,27). The number of rotatable bonds is 2. The fourth-order valence-electron chi connectivity index (χ4n) is 4.66. The molecule has 0 spiro atoms. The van der Waals surface area contributed by atoms with Crippen molar-refractivity contribution in [3.63, 3.8) is 0 Å². The number of aromatic nitrogens is 3. The van der Waals surface area contributed by atoms with Crippen molar-refractivity contribution in [3.8, 4) is 5.75 Å². The molecule has 1 aromatic carbocycles. The number of pyridine rings is 1. The summed E-state index contributed by atoms with van der Waals surface area (Å²) in [5.41, 5.74) is 2.30. The number of nitrogens with one attached hydrogen (secondary N) is 2. The van der Waals surface area contributed by atoms with E-state index in [4.69, 9.17) is 4.42 Å². The van der Waals surface area contributed by atoms with Crippen LogP contribution in [-0.4, -0.2) is 19.9 Å². The third kappa shape index (κ3) is 2.28. The van der Waals surface area contributed by atoms with Crippen LogP contribution >= 0.6 is 0 Å². The van der Waals surface area contributed by atoms with Crippen molar-refractivity contribution in [2.75, 3.05) is 0 Å². The predicted molar refractivity (Wildman–Crippen MR) is 108 cm³/mol. The number of phenolic OH excluding ortho intramolecular Hbond substituents is 1. The van der Waals surface area contributed by atoms with Gasteiger partial charge in [-0.15, -0.1) is 0 Å². The number of hydrogen-bond donors (Lipinski definition) is 3. The molecule has 28 heavy (non-hydrogen) atoms. The van der Waals surface area contributed by atoms with Crippen LogP contribution < -0.4 is 11.0 Å². The van der Waals surface area contributed by atoms with Gasteiger partial charge in [-0.3, -0.25) is 19.4 Å². The van der Waals surface area contributed by atoms with Crippen LogP contribution in [0, 0.1) is 0 Å². The molecule has 7 nitrogen and oxygen atoms in total. The Hall–Kier alpha value is -2.96. The first-order chi connectivity index (χ1) is 13.5. The first kappa shape index (κ1) is 17.2. The van der Waals surface area contributed by atoms with E-state index in [0.29, 0.717) is 21.9 Å². The van der Waals surface area contributed by atoms with E-state index in [1.807, 2.05) is 18.5 Å². The number of fused-ring (bicyclic) bond motifs is 4. The molecule has 1 aliphatic carbocycles. The van der Waals surface area contributed by atoms with Gasteiger partial charge in [0.05, 0.1) is 16.9 Å². The summed E-state index contributed by atoms with van der Waals surface area (Å²) in [4.78, 5) is 28.1. The van der Waals surface area contributed by atoms with Crippen molar-refractivity contribution in [3.05, 3.63) is 38.3 Å². The smallest absolute Gasteiger partial charge is 0.274 e. The van der Waals surface area contributed by atoms with Crippen LogP contribution in [0.2, 0.25) is 0 Å². The molecule has 146 valence electrons. The van der Waals surface area contributed by atoms with Crippen LogP contribution in [0.3, 0.4) is 0 Å². The lowest BCUT2D eigenvalue weighted by Gasteiger charge is -2.23. The number of phenols is 1. The van der Waals surface area contributed by atoms with Crippen LogP contribution in [0.1, 0.15) is 63.5 Å². The number of nitrogens with zero attached hydrogens (tertiary/aromatic N) is 1. The Bertz CT molecular complexity index is 1330. The maximum atomic E-state index is 12.9. The van der Waals surface area contributed by atoms with Crippen molar-refractivity contribution in [1.29, 1.82) is 0 Å². The van der Waals surface area contributed by atoms with E-state index < -0.39 is 11.2 Å². The van der Waals surface area contributed by atoms with Gasteiger partial charge in [-0.25, -0.2) is 0 Å². The molecular weight excluding hydrogens is 358 g/mol. The second kappa shape index (κ2) is 6.02. The molecule has 1 saturated carbocycles. The van der Waals surface area contributed by atoms with Crippen molar-refractivity contribution in [1.82, 2.24) is 14.8 Å². The Balaban J connectivity index is 1.94. The van der Waals surface area contributed by atoms with Gasteiger partial charge in [0.15, 0.2) is 11.2 Å². The van der Waals surface area contributed by atoms with Crippen LogP contribution in [0.25, 0.3) is 33.1 Å². The molecule has 3 heterocycles. The third-order valence-electron chi connectivity index (χ3n) is 6.00. The molecule has 3 aromatic heterocycles. The molecule has 5 rings (SSSR count). The molecule has 0 aliphatic heterocycles. The maximum absolute atomic E-state index is 12.9.